The van der Waals surface area contributed by atoms with E-state index in [1.807, 2.05) is 6.07 Å². The minimum absolute atomic E-state index is 0.0356. The van der Waals surface area contributed by atoms with Crippen LogP contribution in [0.5, 0.6) is 11.5 Å². The first kappa shape index (κ1) is 13.9. The Balaban J connectivity index is 2.60. The van der Waals surface area contributed by atoms with E-state index in [0.717, 1.165) is 28.7 Å². The summed E-state index contributed by atoms with van der Waals surface area (Å²) in [7, 11) is 0. The maximum absolute atomic E-state index is 12.7. The van der Waals surface area contributed by atoms with Crippen molar-refractivity contribution in [3.8, 4) is 11.5 Å². The molecule has 3 aromatic rings. The summed E-state index contributed by atoms with van der Waals surface area (Å²) in [5.41, 5.74) is 2.01. The third kappa shape index (κ3) is 2.07. The molecule has 1 aromatic heterocycles. The number of benzene rings is 2. The van der Waals surface area contributed by atoms with E-state index in [2.05, 4.69) is 19.9 Å². The average molecular weight is 300 g/mol. The maximum atomic E-state index is 12.7. The van der Waals surface area contributed by atoms with Crippen LogP contribution in [0.15, 0.2) is 29.1 Å². The minimum atomic E-state index is -0.211. The molecule has 0 saturated carbocycles. The molecule has 0 atom stereocenters. The molecule has 0 fully saturated rings. The zero-order valence-electron chi connectivity index (χ0n) is 11.9. The average Bonchev–Trinajstić information content (AvgIpc) is 2.50. The quantitative estimate of drug-likeness (QED) is 0.556. The Kier molecular flexibility index (Phi) is 3.33. The highest BCUT2D eigenvalue weighted by Crippen LogP contribution is 2.37. The van der Waals surface area contributed by atoms with E-state index in [-0.39, 0.29) is 22.3 Å². The summed E-state index contributed by atoms with van der Waals surface area (Å²) in [6.07, 6.45) is 1.68. The van der Waals surface area contributed by atoms with E-state index in [9.17, 15) is 15.0 Å². The first-order chi connectivity index (χ1) is 10.1. The van der Waals surface area contributed by atoms with E-state index in [1.165, 1.54) is 23.5 Å². The van der Waals surface area contributed by atoms with Gasteiger partial charge in [0, 0.05) is 10.1 Å². The number of phenolic OH excluding ortho intramolecular Hbond substituents is 2. The van der Waals surface area contributed by atoms with Crippen molar-refractivity contribution < 1.29 is 10.2 Å². The predicted octanol–water partition coefficient (Wildman–Crippen LogP) is 3.95. The lowest BCUT2D eigenvalue weighted by atomic mass is 10.0. The van der Waals surface area contributed by atoms with Crippen molar-refractivity contribution in [1.82, 2.24) is 0 Å². The van der Waals surface area contributed by atoms with Gasteiger partial charge in [-0.3, -0.25) is 4.79 Å². The predicted molar refractivity (Wildman–Crippen MR) is 87.7 cm³/mol. The molecule has 108 valence electrons. The van der Waals surface area contributed by atoms with Crippen LogP contribution in [0.3, 0.4) is 0 Å². The Hall–Kier alpha value is -2.07. The fourth-order valence-corrected chi connectivity index (χ4v) is 3.90. The summed E-state index contributed by atoms with van der Waals surface area (Å²) in [4.78, 5) is 12.7. The first-order valence-electron chi connectivity index (χ1n) is 7.00. The summed E-state index contributed by atoms with van der Waals surface area (Å²) < 4.78 is 1.35. The molecule has 0 bridgehead atoms. The van der Waals surface area contributed by atoms with E-state index < -0.39 is 0 Å². The van der Waals surface area contributed by atoms with Gasteiger partial charge in [-0.05, 0) is 42.2 Å². The number of aromatic hydroxyl groups is 2. The van der Waals surface area contributed by atoms with E-state index in [0.29, 0.717) is 10.1 Å². The SMILES string of the molecule is CCc1cc(CC)c2sc3c(O)ccc(O)c3c(=O)c2c1. The minimum Gasteiger partial charge on any atom is -0.507 e. The third-order valence-electron chi connectivity index (χ3n) is 3.81. The van der Waals surface area contributed by atoms with Crippen LogP contribution in [0, 0.1) is 0 Å². The summed E-state index contributed by atoms with van der Waals surface area (Å²) in [6.45, 7) is 4.11. The monoisotopic (exact) mass is 300 g/mol. The van der Waals surface area contributed by atoms with Crippen molar-refractivity contribution in [1.29, 1.82) is 0 Å². The van der Waals surface area contributed by atoms with Gasteiger partial charge in [0.2, 0.25) is 0 Å². The van der Waals surface area contributed by atoms with Gasteiger partial charge in [0.1, 0.15) is 11.5 Å². The van der Waals surface area contributed by atoms with Gasteiger partial charge < -0.3 is 10.2 Å². The maximum Gasteiger partial charge on any atom is 0.199 e. The highest BCUT2D eigenvalue weighted by Gasteiger charge is 2.15. The fourth-order valence-electron chi connectivity index (χ4n) is 2.63. The van der Waals surface area contributed by atoms with Crippen molar-refractivity contribution in [2.45, 2.75) is 26.7 Å². The van der Waals surface area contributed by atoms with Gasteiger partial charge in [0.15, 0.2) is 5.43 Å². The van der Waals surface area contributed by atoms with Crippen molar-refractivity contribution in [2.24, 2.45) is 0 Å². The van der Waals surface area contributed by atoms with Crippen LogP contribution in [-0.4, -0.2) is 10.2 Å². The van der Waals surface area contributed by atoms with Gasteiger partial charge in [-0.1, -0.05) is 19.9 Å². The zero-order chi connectivity index (χ0) is 15.1. The van der Waals surface area contributed by atoms with Gasteiger partial charge in [0.25, 0.3) is 0 Å². The second-order valence-corrected chi connectivity index (χ2v) is 6.10. The molecule has 1 heterocycles. The molecule has 3 rings (SSSR count). The lowest BCUT2D eigenvalue weighted by Crippen LogP contribution is -2.03. The van der Waals surface area contributed by atoms with Crippen molar-refractivity contribution in [3.05, 3.63) is 45.6 Å². The number of hydrogen-bond acceptors (Lipinski definition) is 4. The molecule has 0 radical (unpaired) electrons. The second kappa shape index (κ2) is 5.04. The standard InChI is InChI=1S/C17H16O3S/c1-3-9-7-10(4-2)16-11(8-9)15(20)14-12(18)5-6-13(19)17(14)21-16/h5-8,18-19H,3-4H2,1-2H3. The molecular weight excluding hydrogens is 284 g/mol. The lowest BCUT2D eigenvalue weighted by molar-refractivity contribution is 0.470. The topological polar surface area (TPSA) is 57.5 Å². The molecular formula is C17H16O3S. The Morgan fingerprint density at radius 2 is 1.71 bits per heavy atom. The highest BCUT2D eigenvalue weighted by molar-refractivity contribution is 7.25. The molecule has 0 aliphatic heterocycles. The molecule has 0 spiro atoms. The number of rotatable bonds is 2. The number of phenols is 2. The van der Waals surface area contributed by atoms with Crippen LogP contribution in [0.1, 0.15) is 25.0 Å². The Bertz CT molecular complexity index is 909. The number of fused-ring (bicyclic) bond motifs is 2. The van der Waals surface area contributed by atoms with Crippen LogP contribution < -0.4 is 5.43 Å². The Morgan fingerprint density at radius 1 is 1.00 bits per heavy atom. The van der Waals surface area contributed by atoms with E-state index in [1.54, 1.807) is 0 Å². The van der Waals surface area contributed by atoms with Crippen molar-refractivity contribution >= 4 is 31.5 Å². The van der Waals surface area contributed by atoms with E-state index in [4.69, 9.17) is 0 Å². The number of aryl methyl sites for hydroxylation is 2. The second-order valence-electron chi connectivity index (χ2n) is 5.08. The fraction of sp³-hybridized carbons (Fsp3) is 0.235. The van der Waals surface area contributed by atoms with Crippen LogP contribution >= 0.6 is 11.3 Å². The van der Waals surface area contributed by atoms with Crippen LogP contribution in [0.4, 0.5) is 0 Å². The highest BCUT2D eigenvalue weighted by atomic mass is 32.1. The number of hydrogen-bond donors (Lipinski definition) is 2. The molecule has 0 amide bonds. The zero-order valence-corrected chi connectivity index (χ0v) is 12.8. The third-order valence-corrected chi connectivity index (χ3v) is 5.11. The lowest BCUT2D eigenvalue weighted by Gasteiger charge is -2.09. The molecule has 2 aromatic carbocycles. The van der Waals surface area contributed by atoms with Crippen molar-refractivity contribution in [3.63, 3.8) is 0 Å². The molecule has 21 heavy (non-hydrogen) atoms. The molecule has 0 unspecified atom stereocenters. The van der Waals surface area contributed by atoms with Gasteiger partial charge in [0.05, 0.1) is 10.1 Å². The smallest absolute Gasteiger partial charge is 0.199 e. The molecule has 0 saturated heterocycles. The van der Waals surface area contributed by atoms with E-state index >= 15 is 0 Å². The molecule has 0 aliphatic carbocycles. The van der Waals surface area contributed by atoms with Crippen LogP contribution in [-0.2, 0) is 12.8 Å². The first-order valence-corrected chi connectivity index (χ1v) is 7.81. The molecule has 3 nitrogen and oxygen atoms in total. The Labute approximate surface area is 126 Å². The van der Waals surface area contributed by atoms with Gasteiger partial charge in [-0.2, -0.15) is 0 Å². The normalized spacial score (nSPS) is 11.3. The molecule has 0 aliphatic rings. The van der Waals surface area contributed by atoms with Gasteiger partial charge >= 0.3 is 0 Å². The summed E-state index contributed by atoms with van der Waals surface area (Å²) in [6, 6.07) is 6.80. The summed E-state index contributed by atoms with van der Waals surface area (Å²) in [5.74, 6) is -0.0423. The van der Waals surface area contributed by atoms with Gasteiger partial charge in [-0.15, -0.1) is 11.3 Å². The largest absolute Gasteiger partial charge is 0.507 e. The molecule has 4 heteroatoms. The summed E-state index contributed by atoms with van der Waals surface area (Å²) in [5, 5.41) is 20.8. The van der Waals surface area contributed by atoms with Crippen LogP contribution in [0.25, 0.3) is 20.2 Å². The molecule has 2 N–H and O–H groups in total. The van der Waals surface area contributed by atoms with Gasteiger partial charge in [-0.25, -0.2) is 0 Å². The summed E-state index contributed by atoms with van der Waals surface area (Å²) >= 11 is 1.37. The van der Waals surface area contributed by atoms with Crippen LogP contribution in [0.2, 0.25) is 0 Å². The Morgan fingerprint density at radius 3 is 2.38 bits per heavy atom. The van der Waals surface area contributed by atoms with Crippen molar-refractivity contribution in [2.75, 3.05) is 0 Å².